The summed E-state index contributed by atoms with van der Waals surface area (Å²) in [6, 6.07) is 0. The molecule has 8 nitrogen and oxygen atoms in total. The van der Waals surface area contributed by atoms with Gasteiger partial charge in [-0.25, -0.2) is 0 Å². The molecule has 0 spiro atoms. The van der Waals surface area contributed by atoms with E-state index in [4.69, 9.17) is 0 Å². The van der Waals surface area contributed by atoms with Crippen LogP contribution in [0.3, 0.4) is 0 Å². The molecule has 9 heteroatoms. The van der Waals surface area contributed by atoms with E-state index in [9.17, 15) is 9.90 Å². The monoisotopic (exact) mass is 464 g/mol. The van der Waals surface area contributed by atoms with Gasteiger partial charge in [-0.2, -0.15) is 5.10 Å². The number of piperazine rings is 1. The van der Waals surface area contributed by atoms with Crippen LogP contribution in [0.2, 0.25) is 0 Å². The topological polar surface area (TPSA) is 86.0 Å². The lowest BCUT2D eigenvalue weighted by atomic mass is 9.98. The minimum Gasteiger partial charge on any atom is -0.388 e. The standard InChI is InChI=1S/C16H28N6O2.HI/c1-5-16(24,6-2)12-18-15(17-3)21-7-8-22(14(23)11-21)13-9-19-20(4)10-13;/h9-10,24H,5-8,11-12H2,1-4H3,(H,17,18);1H. The van der Waals surface area contributed by atoms with Crippen molar-refractivity contribution in [2.75, 3.05) is 38.1 Å². The zero-order valence-electron chi connectivity index (χ0n) is 15.4. The van der Waals surface area contributed by atoms with Crippen LogP contribution in [0, 0.1) is 0 Å². The third-order valence-corrected chi connectivity index (χ3v) is 4.63. The summed E-state index contributed by atoms with van der Waals surface area (Å²) in [6.07, 6.45) is 4.87. The molecule has 1 saturated heterocycles. The van der Waals surface area contributed by atoms with Crippen LogP contribution in [-0.4, -0.2) is 70.5 Å². The molecule has 0 radical (unpaired) electrons. The molecule has 142 valence electrons. The van der Waals surface area contributed by atoms with Crippen molar-refractivity contribution in [1.82, 2.24) is 20.0 Å². The highest BCUT2D eigenvalue weighted by molar-refractivity contribution is 14.0. The van der Waals surface area contributed by atoms with Gasteiger partial charge in [0.15, 0.2) is 5.96 Å². The zero-order valence-corrected chi connectivity index (χ0v) is 17.7. The molecular formula is C16H29IN6O2. The second-order valence-electron chi connectivity index (χ2n) is 6.17. The fourth-order valence-electron chi connectivity index (χ4n) is 2.75. The number of nitrogens with one attached hydrogen (secondary N) is 1. The van der Waals surface area contributed by atoms with Crippen LogP contribution in [0.15, 0.2) is 17.4 Å². The minimum atomic E-state index is -0.753. The van der Waals surface area contributed by atoms with Crippen molar-refractivity contribution in [2.24, 2.45) is 12.0 Å². The molecule has 1 aliphatic rings. The lowest BCUT2D eigenvalue weighted by Crippen LogP contribution is -2.57. The molecule has 1 aromatic rings. The molecule has 0 aliphatic carbocycles. The molecule has 2 heterocycles. The highest BCUT2D eigenvalue weighted by atomic mass is 127. The maximum atomic E-state index is 12.5. The van der Waals surface area contributed by atoms with E-state index in [-0.39, 0.29) is 36.4 Å². The first kappa shape index (κ1) is 21.7. The Morgan fingerprint density at radius 2 is 2.08 bits per heavy atom. The number of rotatable bonds is 5. The van der Waals surface area contributed by atoms with Crippen molar-refractivity contribution >= 4 is 41.5 Å². The number of hydrogen-bond acceptors (Lipinski definition) is 4. The average Bonchev–Trinajstić information content (AvgIpc) is 3.01. The minimum absolute atomic E-state index is 0. The van der Waals surface area contributed by atoms with Crippen LogP contribution in [0.4, 0.5) is 5.69 Å². The molecule has 1 aromatic heterocycles. The Kier molecular flexibility index (Phi) is 8.13. The average molecular weight is 464 g/mol. The van der Waals surface area contributed by atoms with Gasteiger partial charge >= 0.3 is 0 Å². The number of carbonyl (C=O) groups is 1. The number of anilines is 1. The largest absolute Gasteiger partial charge is 0.388 e. The van der Waals surface area contributed by atoms with Gasteiger partial charge in [-0.3, -0.25) is 14.5 Å². The lowest BCUT2D eigenvalue weighted by molar-refractivity contribution is -0.120. The van der Waals surface area contributed by atoms with Gasteiger partial charge in [0.1, 0.15) is 6.54 Å². The van der Waals surface area contributed by atoms with E-state index in [1.54, 1.807) is 22.8 Å². The third kappa shape index (κ3) is 5.30. The van der Waals surface area contributed by atoms with Crippen LogP contribution >= 0.6 is 24.0 Å². The van der Waals surface area contributed by atoms with Crippen molar-refractivity contribution < 1.29 is 9.90 Å². The van der Waals surface area contributed by atoms with Crippen molar-refractivity contribution in [2.45, 2.75) is 32.3 Å². The van der Waals surface area contributed by atoms with E-state index < -0.39 is 5.60 Å². The Bertz CT molecular complexity index is 599. The summed E-state index contributed by atoms with van der Waals surface area (Å²) in [5, 5.41) is 17.7. The highest BCUT2D eigenvalue weighted by Gasteiger charge is 2.29. The number of aliphatic hydroxyl groups is 1. The van der Waals surface area contributed by atoms with E-state index in [0.29, 0.717) is 38.4 Å². The van der Waals surface area contributed by atoms with E-state index >= 15 is 0 Å². The molecule has 2 N–H and O–H groups in total. The van der Waals surface area contributed by atoms with Gasteiger partial charge in [0.25, 0.3) is 0 Å². The third-order valence-electron chi connectivity index (χ3n) is 4.63. The zero-order chi connectivity index (χ0) is 17.7. The number of aromatic nitrogens is 2. The summed E-state index contributed by atoms with van der Waals surface area (Å²) in [7, 11) is 3.52. The van der Waals surface area contributed by atoms with Crippen molar-refractivity contribution in [1.29, 1.82) is 0 Å². The number of carbonyl (C=O) groups excluding carboxylic acids is 1. The van der Waals surface area contributed by atoms with Crippen LogP contribution in [-0.2, 0) is 11.8 Å². The van der Waals surface area contributed by atoms with Crippen LogP contribution < -0.4 is 10.2 Å². The van der Waals surface area contributed by atoms with Crippen LogP contribution in [0.5, 0.6) is 0 Å². The second kappa shape index (κ2) is 9.37. The van der Waals surface area contributed by atoms with Gasteiger partial charge in [0.05, 0.1) is 17.5 Å². The molecule has 0 atom stereocenters. The molecule has 1 fully saturated rings. The second-order valence-corrected chi connectivity index (χ2v) is 6.17. The number of hydrogen-bond donors (Lipinski definition) is 2. The summed E-state index contributed by atoms with van der Waals surface area (Å²) >= 11 is 0. The van der Waals surface area contributed by atoms with Gasteiger partial charge in [0.2, 0.25) is 5.91 Å². The quantitative estimate of drug-likeness (QED) is 0.383. The molecule has 0 aromatic carbocycles. The van der Waals surface area contributed by atoms with E-state index in [1.807, 2.05) is 32.0 Å². The Hall–Kier alpha value is -1.36. The summed E-state index contributed by atoms with van der Waals surface area (Å²) < 4.78 is 1.69. The Morgan fingerprint density at radius 3 is 2.56 bits per heavy atom. The fraction of sp³-hybridized carbons (Fsp3) is 0.688. The van der Waals surface area contributed by atoms with E-state index in [1.165, 1.54) is 0 Å². The summed E-state index contributed by atoms with van der Waals surface area (Å²) in [4.78, 5) is 20.4. The molecular weight excluding hydrogens is 435 g/mol. The first-order valence-corrected chi connectivity index (χ1v) is 8.39. The predicted octanol–water partition coefficient (Wildman–Crippen LogP) is 0.813. The number of guanidine groups is 1. The van der Waals surface area contributed by atoms with Gasteiger partial charge < -0.3 is 20.2 Å². The summed E-state index contributed by atoms with van der Waals surface area (Å²) in [5.41, 5.74) is 0.0636. The highest BCUT2D eigenvalue weighted by Crippen LogP contribution is 2.17. The maximum absolute atomic E-state index is 12.5. The SMILES string of the molecule is CCC(O)(CC)CNC(=NC)N1CCN(c2cnn(C)c2)C(=O)C1.I. The van der Waals surface area contributed by atoms with Crippen LogP contribution in [0.25, 0.3) is 0 Å². The van der Waals surface area contributed by atoms with Gasteiger partial charge in [-0.1, -0.05) is 13.8 Å². The molecule has 0 unspecified atom stereocenters. The molecule has 1 amide bonds. The molecule has 0 bridgehead atoms. The summed E-state index contributed by atoms with van der Waals surface area (Å²) in [6.45, 7) is 5.86. The number of amides is 1. The van der Waals surface area contributed by atoms with Gasteiger partial charge in [-0.05, 0) is 12.8 Å². The predicted molar refractivity (Wildman–Crippen MR) is 109 cm³/mol. The number of nitrogens with zero attached hydrogens (tertiary/aromatic N) is 5. The normalized spacial score (nSPS) is 16.0. The number of halogens is 1. The van der Waals surface area contributed by atoms with Gasteiger partial charge in [-0.15, -0.1) is 24.0 Å². The first-order valence-electron chi connectivity index (χ1n) is 8.39. The van der Waals surface area contributed by atoms with Crippen molar-refractivity contribution in [3.8, 4) is 0 Å². The Labute approximate surface area is 166 Å². The number of aliphatic imine (C=N–C) groups is 1. The van der Waals surface area contributed by atoms with E-state index in [0.717, 1.165) is 5.69 Å². The Balaban J connectivity index is 0.00000312. The van der Waals surface area contributed by atoms with Crippen LogP contribution in [0.1, 0.15) is 26.7 Å². The van der Waals surface area contributed by atoms with Crippen molar-refractivity contribution in [3.63, 3.8) is 0 Å². The summed E-state index contributed by atoms with van der Waals surface area (Å²) in [5.74, 6) is 0.660. The molecule has 1 aliphatic heterocycles. The smallest absolute Gasteiger partial charge is 0.246 e. The molecule has 2 rings (SSSR count). The van der Waals surface area contributed by atoms with E-state index in [2.05, 4.69) is 15.4 Å². The van der Waals surface area contributed by atoms with Gasteiger partial charge in [0, 0.05) is 39.9 Å². The molecule has 0 saturated carbocycles. The maximum Gasteiger partial charge on any atom is 0.246 e. The van der Waals surface area contributed by atoms with Crippen molar-refractivity contribution in [3.05, 3.63) is 12.4 Å². The Morgan fingerprint density at radius 1 is 1.40 bits per heavy atom. The lowest BCUT2D eigenvalue weighted by Gasteiger charge is -2.36. The number of aryl methyl sites for hydroxylation is 1. The fourth-order valence-corrected chi connectivity index (χ4v) is 2.75. The first-order chi connectivity index (χ1) is 11.4. The molecule has 25 heavy (non-hydrogen) atoms.